The SMILES string of the molecule is CC(C)C(C(=O)Nc1cccc2c1CC(C(=O)O)C2)c1ccc(CN2N=C(c3ccccc3)OCC2=O)cc1. The van der Waals surface area contributed by atoms with Crippen molar-refractivity contribution >= 4 is 29.4 Å². The van der Waals surface area contributed by atoms with Crippen LogP contribution >= 0.6 is 0 Å². The molecule has 5 rings (SSSR count). The van der Waals surface area contributed by atoms with Crippen molar-refractivity contribution in [3.05, 3.63) is 101 Å². The minimum atomic E-state index is -0.815. The number of aliphatic carboxylic acids is 1. The van der Waals surface area contributed by atoms with Crippen LogP contribution < -0.4 is 5.32 Å². The average Bonchev–Trinajstić information content (AvgIpc) is 3.37. The fraction of sp³-hybridized carbons (Fsp3) is 0.290. The molecule has 1 aliphatic heterocycles. The maximum atomic E-state index is 13.5. The Bertz CT molecular complexity index is 1420. The Kier molecular flexibility index (Phi) is 7.45. The third kappa shape index (κ3) is 5.70. The van der Waals surface area contributed by atoms with E-state index in [2.05, 4.69) is 10.4 Å². The molecule has 8 nitrogen and oxygen atoms in total. The lowest BCUT2D eigenvalue weighted by atomic mass is 9.87. The van der Waals surface area contributed by atoms with E-state index in [0.717, 1.165) is 27.8 Å². The molecule has 0 radical (unpaired) electrons. The van der Waals surface area contributed by atoms with Gasteiger partial charge in [0.15, 0.2) is 6.61 Å². The zero-order valence-electron chi connectivity index (χ0n) is 22.0. The number of ether oxygens (including phenoxy) is 1. The van der Waals surface area contributed by atoms with Gasteiger partial charge in [-0.1, -0.05) is 68.4 Å². The smallest absolute Gasteiger partial charge is 0.307 e. The van der Waals surface area contributed by atoms with Crippen LogP contribution in [0.4, 0.5) is 5.69 Å². The van der Waals surface area contributed by atoms with Gasteiger partial charge in [0.05, 0.1) is 18.4 Å². The first kappa shape index (κ1) is 26.2. The van der Waals surface area contributed by atoms with Crippen LogP contribution in [0.25, 0.3) is 0 Å². The summed E-state index contributed by atoms with van der Waals surface area (Å²) < 4.78 is 5.53. The summed E-state index contributed by atoms with van der Waals surface area (Å²) >= 11 is 0. The summed E-state index contributed by atoms with van der Waals surface area (Å²) in [7, 11) is 0. The predicted octanol–water partition coefficient (Wildman–Crippen LogP) is 4.58. The monoisotopic (exact) mass is 525 g/mol. The highest BCUT2D eigenvalue weighted by Gasteiger charge is 2.31. The van der Waals surface area contributed by atoms with Crippen molar-refractivity contribution in [2.45, 2.75) is 39.2 Å². The van der Waals surface area contributed by atoms with Gasteiger partial charge in [-0.05, 0) is 59.2 Å². The van der Waals surface area contributed by atoms with Gasteiger partial charge >= 0.3 is 5.97 Å². The molecule has 8 heteroatoms. The molecule has 0 aromatic heterocycles. The molecule has 1 heterocycles. The molecule has 3 aromatic carbocycles. The van der Waals surface area contributed by atoms with E-state index in [1.807, 2.05) is 86.6 Å². The van der Waals surface area contributed by atoms with Gasteiger partial charge in [-0.25, -0.2) is 5.01 Å². The number of carboxylic acids is 1. The maximum Gasteiger partial charge on any atom is 0.307 e. The van der Waals surface area contributed by atoms with E-state index in [0.29, 0.717) is 24.4 Å². The quantitative estimate of drug-likeness (QED) is 0.447. The van der Waals surface area contributed by atoms with Gasteiger partial charge in [0, 0.05) is 11.3 Å². The number of carbonyl (C=O) groups excluding carboxylic acids is 2. The highest BCUT2D eigenvalue weighted by Crippen LogP contribution is 2.34. The van der Waals surface area contributed by atoms with E-state index >= 15 is 0 Å². The van der Waals surface area contributed by atoms with Gasteiger partial charge in [-0.2, -0.15) is 0 Å². The van der Waals surface area contributed by atoms with E-state index in [-0.39, 0.29) is 30.9 Å². The fourth-order valence-corrected chi connectivity index (χ4v) is 5.24. The van der Waals surface area contributed by atoms with Crippen molar-refractivity contribution in [2.75, 3.05) is 11.9 Å². The Balaban J connectivity index is 1.30. The molecule has 2 N–H and O–H groups in total. The summed E-state index contributed by atoms with van der Waals surface area (Å²) in [6.07, 6.45) is 0.892. The van der Waals surface area contributed by atoms with Crippen molar-refractivity contribution < 1.29 is 24.2 Å². The second-order valence-electron chi connectivity index (χ2n) is 10.4. The molecule has 2 unspecified atom stereocenters. The zero-order valence-corrected chi connectivity index (χ0v) is 22.0. The Labute approximate surface area is 227 Å². The standard InChI is InChI=1S/C31H31N3O5/c1-19(2)28(29(36)32-26-10-6-9-23-15-24(31(37)38)16-25(23)26)21-13-11-20(12-14-21)17-34-27(35)18-39-30(33-34)22-7-4-3-5-8-22/h3-14,19,24,28H,15-18H2,1-2H3,(H,32,36)(H,37,38). The molecular formula is C31H31N3O5. The molecule has 2 atom stereocenters. The predicted molar refractivity (Wildman–Crippen MR) is 147 cm³/mol. The van der Waals surface area contributed by atoms with E-state index in [4.69, 9.17) is 4.74 Å². The number of rotatable bonds is 8. The lowest BCUT2D eigenvalue weighted by Crippen LogP contribution is -2.36. The minimum absolute atomic E-state index is 0.0261. The van der Waals surface area contributed by atoms with Crippen LogP contribution in [-0.4, -0.2) is 40.4 Å². The van der Waals surface area contributed by atoms with Gasteiger partial charge in [-0.3, -0.25) is 14.4 Å². The molecule has 3 aromatic rings. The Morgan fingerprint density at radius 2 is 1.77 bits per heavy atom. The first-order valence-electron chi connectivity index (χ1n) is 13.1. The number of nitrogens with one attached hydrogen (secondary N) is 1. The summed E-state index contributed by atoms with van der Waals surface area (Å²) in [6.45, 7) is 4.22. The second kappa shape index (κ2) is 11.1. The van der Waals surface area contributed by atoms with E-state index in [1.54, 1.807) is 0 Å². The molecule has 0 saturated carbocycles. The number of carboxylic acid groups (broad SMARTS) is 1. The van der Waals surface area contributed by atoms with Gasteiger partial charge in [0.25, 0.3) is 5.91 Å². The van der Waals surface area contributed by atoms with Crippen molar-refractivity contribution in [3.63, 3.8) is 0 Å². The van der Waals surface area contributed by atoms with Crippen molar-refractivity contribution in [1.82, 2.24) is 5.01 Å². The van der Waals surface area contributed by atoms with Gasteiger partial charge < -0.3 is 15.2 Å². The number of nitrogens with zero attached hydrogens (tertiary/aromatic N) is 2. The number of amides is 2. The highest BCUT2D eigenvalue weighted by atomic mass is 16.5. The lowest BCUT2D eigenvalue weighted by molar-refractivity contribution is -0.141. The first-order valence-corrected chi connectivity index (χ1v) is 13.1. The average molecular weight is 526 g/mol. The number of anilines is 1. The van der Waals surface area contributed by atoms with E-state index < -0.39 is 17.8 Å². The fourth-order valence-electron chi connectivity index (χ4n) is 5.24. The molecule has 0 bridgehead atoms. The molecule has 1 aliphatic carbocycles. The molecule has 2 amide bonds. The van der Waals surface area contributed by atoms with Gasteiger partial charge in [-0.15, -0.1) is 5.10 Å². The molecule has 0 saturated heterocycles. The van der Waals surface area contributed by atoms with Crippen LogP contribution in [0.1, 0.15) is 47.6 Å². The zero-order chi connectivity index (χ0) is 27.5. The third-order valence-electron chi connectivity index (χ3n) is 7.27. The normalized spacial score (nSPS) is 17.3. The van der Waals surface area contributed by atoms with Crippen molar-refractivity contribution in [1.29, 1.82) is 0 Å². The van der Waals surface area contributed by atoms with Crippen LogP contribution in [0.3, 0.4) is 0 Å². The van der Waals surface area contributed by atoms with Crippen LogP contribution in [0.15, 0.2) is 77.9 Å². The van der Waals surface area contributed by atoms with Gasteiger partial charge in [0.1, 0.15) is 0 Å². The van der Waals surface area contributed by atoms with Gasteiger partial charge in [0.2, 0.25) is 11.8 Å². The highest BCUT2D eigenvalue weighted by molar-refractivity contribution is 5.98. The topological polar surface area (TPSA) is 108 Å². The number of hydrogen-bond acceptors (Lipinski definition) is 5. The molecule has 200 valence electrons. The van der Waals surface area contributed by atoms with E-state index in [9.17, 15) is 19.5 Å². The summed E-state index contributed by atoms with van der Waals surface area (Å²) in [5, 5.41) is 18.3. The first-order chi connectivity index (χ1) is 18.8. The lowest BCUT2D eigenvalue weighted by Gasteiger charge is -2.24. The van der Waals surface area contributed by atoms with Crippen LogP contribution in [0.5, 0.6) is 0 Å². The largest absolute Gasteiger partial charge is 0.481 e. The van der Waals surface area contributed by atoms with Crippen molar-refractivity contribution in [3.8, 4) is 0 Å². The Morgan fingerprint density at radius 1 is 1.03 bits per heavy atom. The van der Waals surface area contributed by atoms with Crippen LogP contribution in [0.2, 0.25) is 0 Å². The molecule has 0 spiro atoms. The second-order valence-corrected chi connectivity index (χ2v) is 10.4. The number of hydrazone groups is 1. The Morgan fingerprint density at radius 3 is 2.46 bits per heavy atom. The molecule has 2 aliphatic rings. The molecule has 0 fully saturated rings. The molecular weight excluding hydrogens is 494 g/mol. The maximum absolute atomic E-state index is 13.5. The van der Waals surface area contributed by atoms with E-state index in [1.165, 1.54) is 5.01 Å². The summed E-state index contributed by atoms with van der Waals surface area (Å²) in [5.74, 6) is -1.60. The number of fused-ring (bicyclic) bond motifs is 1. The number of carbonyl (C=O) groups is 3. The number of hydrogen-bond donors (Lipinski definition) is 2. The summed E-state index contributed by atoms with van der Waals surface area (Å²) in [6, 6.07) is 22.7. The summed E-state index contributed by atoms with van der Waals surface area (Å²) in [5.41, 5.74) is 5.11. The molecule has 39 heavy (non-hydrogen) atoms. The van der Waals surface area contributed by atoms with Crippen LogP contribution in [0, 0.1) is 11.8 Å². The number of benzene rings is 3. The summed E-state index contributed by atoms with van der Waals surface area (Å²) in [4.78, 5) is 37.4. The van der Waals surface area contributed by atoms with Crippen LogP contribution in [-0.2, 0) is 38.5 Å². The van der Waals surface area contributed by atoms with Crippen molar-refractivity contribution in [2.24, 2.45) is 16.9 Å². The third-order valence-corrected chi connectivity index (χ3v) is 7.27. The Hall–Kier alpha value is -4.46. The minimum Gasteiger partial charge on any atom is -0.481 e.